The van der Waals surface area contributed by atoms with Gasteiger partial charge < -0.3 is 9.84 Å². The van der Waals surface area contributed by atoms with Crippen LogP contribution in [0.1, 0.15) is 32.6 Å². The minimum atomic E-state index is -0.222. The average molecular weight is 227 g/mol. The summed E-state index contributed by atoms with van der Waals surface area (Å²) in [6.07, 6.45) is 4.33. The van der Waals surface area contributed by atoms with Gasteiger partial charge >= 0.3 is 0 Å². The van der Waals surface area contributed by atoms with E-state index < -0.39 is 0 Å². The van der Waals surface area contributed by atoms with Gasteiger partial charge in [-0.25, -0.2) is 0 Å². The minimum absolute atomic E-state index is 0.188. The van der Waals surface area contributed by atoms with E-state index in [1.54, 1.807) is 0 Å². The molecule has 3 fully saturated rings. The number of fused-ring (bicyclic) bond motifs is 1. The second-order valence-corrected chi connectivity index (χ2v) is 5.36. The fourth-order valence-electron chi connectivity index (χ4n) is 3.39. The van der Waals surface area contributed by atoms with Crippen LogP contribution in [0.25, 0.3) is 0 Å². The summed E-state index contributed by atoms with van der Waals surface area (Å²) >= 11 is 0. The molecule has 2 aliphatic heterocycles. The summed E-state index contributed by atoms with van der Waals surface area (Å²) in [5, 5.41) is 12.1. The van der Waals surface area contributed by atoms with Gasteiger partial charge in [0.15, 0.2) is 0 Å². The highest BCUT2D eigenvalue weighted by molar-refractivity contribution is 4.95. The summed E-state index contributed by atoms with van der Waals surface area (Å²) in [5.74, 6) is 0.504. The lowest BCUT2D eigenvalue weighted by molar-refractivity contribution is -0.205. The molecule has 2 heterocycles. The molecule has 1 aliphatic carbocycles. The lowest BCUT2D eigenvalue weighted by Crippen LogP contribution is -2.50. The summed E-state index contributed by atoms with van der Waals surface area (Å²) in [5.41, 5.74) is 0. The molecule has 0 aromatic heterocycles. The van der Waals surface area contributed by atoms with Crippen LogP contribution >= 0.6 is 0 Å². The molecule has 4 nitrogen and oxygen atoms in total. The second-order valence-electron chi connectivity index (χ2n) is 5.36. The van der Waals surface area contributed by atoms with Gasteiger partial charge in [0.1, 0.15) is 0 Å². The van der Waals surface area contributed by atoms with Gasteiger partial charge in [0.2, 0.25) is 0 Å². The van der Waals surface area contributed by atoms with Crippen LogP contribution in [0.2, 0.25) is 0 Å². The van der Waals surface area contributed by atoms with E-state index >= 15 is 0 Å². The molecular weight excluding hydrogens is 206 g/mol. The average Bonchev–Trinajstić information content (AvgIpc) is 2.83. The number of hydroxylamine groups is 2. The lowest BCUT2D eigenvalue weighted by Gasteiger charge is -2.37. The molecule has 16 heavy (non-hydrogen) atoms. The zero-order chi connectivity index (χ0) is 11.1. The summed E-state index contributed by atoms with van der Waals surface area (Å²) in [7, 11) is 0. The van der Waals surface area contributed by atoms with Crippen LogP contribution in [-0.2, 0) is 9.57 Å². The molecule has 4 heteroatoms. The molecular formula is C12H21NO3. The highest BCUT2D eigenvalue weighted by Crippen LogP contribution is 2.36. The number of hydrogen-bond donors (Lipinski definition) is 1. The first kappa shape index (κ1) is 11.0. The standard InChI is InChI=1S/C12H21NO3/c1-8-12-9(6-15-8)7-16-13(12)10-4-2-3-5-11(10)14/h8-12,14H,2-7H2,1H3/t8-,9-,10-,11-,12-/m0/s1. The Bertz CT molecular complexity index is 261. The van der Waals surface area contributed by atoms with Crippen LogP contribution in [-0.4, -0.2) is 47.7 Å². The van der Waals surface area contributed by atoms with Crippen LogP contribution in [0.15, 0.2) is 0 Å². The van der Waals surface area contributed by atoms with Gasteiger partial charge in [0.25, 0.3) is 0 Å². The summed E-state index contributed by atoms with van der Waals surface area (Å²) in [4.78, 5) is 5.79. The Balaban J connectivity index is 1.74. The first-order chi connectivity index (χ1) is 7.77. The molecule has 2 saturated heterocycles. The quantitative estimate of drug-likeness (QED) is 0.724. The third kappa shape index (κ3) is 1.68. The molecule has 0 spiro atoms. The largest absolute Gasteiger partial charge is 0.391 e. The van der Waals surface area contributed by atoms with E-state index in [4.69, 9.17) is 9.57 Å². The Labute approximate surface area is 96.5 Å². The molecule has 0 amide bonds. The molecule has 1 saturated carbocycles. The topological polar surface area (TPSA) is 41.9 Å². The maximum absolute atomic E-state index is 10.1. The van der Waals surface area contributed by atoms with E-state index in [9.17, 15) is 5.11 Å². The Kier molecular flexibility index (Phi) is 2.92. The van der Waals surface area contributed by atoms with E-state index in [1.165, 1.54) is 6.42 Å². The number of aliphatic hydroxyl groups excluding tert-OH is 1. The number of nitrogens with zero attached hydrogens (tertiary/aromatic N) is 1. The molecule has 3 aliphatic rings. The highest BCUT2D eigenvalue weighted by atomic mass is 16.7. The Morgan fingerprint density at radius 2 is 2.00 bits per heavy atom. The second kappa shape index (κ2) is 4.26. The zero-order valence-electron chi connectivity index (χ0n) is 9.84. The number of ether oxygens (including phenoxy) is 1. The zero-order valence-corrected chi connectivity index (χ0v) is 9.84. The monoisotopic (exact) mass is 227 g/mol. The molecule has 0 aromatic rings. The Morgan fingerprint density at radius 1 is 1.19 bits per heavy atom. The third-order valence-corrected chi connectivity index (χ3v) is 4.29. The van der Waals surface area contributed by atoms with Crippen molar-refractivity contribution in [3.8, 4) is 0 Å². The van der Waals surface area contributed by atoms with E-state index in [-0.39, 0.29) is 18.2 Å². The fourth-order valence-corrected chi connectivity index (χ4v) is 3.39. The number of rotatable bonds is 1. The highest BCUT2D eigenvalue weighted by Gasteiger charge is 2.48. The van der Waals surface area contributed by atoms with Crippen molar-refractivity contribution in [2.24, 2.45) is 5.92 Å². The van der Waals surface area contributed by atoms with Crippen molar-refractivity contribution in [1.29, 1.82) is 0 Å². The number of aliphatic hydroxyl groups is 1. The molecule has 92 valence electrons. The van der Waals surface area contributed by atoms with Crippen molar-refractivity contribution >= 4 is 0 Å². The van der Waals surface area contributed by atoms with Crippen molar-refractivity contribution in [3.05, 3.63) is 0 Å². The Morgan fingerprint density at radius 3 is 2.81 bits per heavy atom. The van der Waals surface area contributed by atoms with Crippen molar-refractivity contribution in [1.82, 2.24) is 5.06 Å². The molecule has 0 bridgehead atoms. The van der Waals surface area contributed by atoms with Crippen molar-refractivity contribution in [2.75, 3.05) is 13.2 Å². The van der Waals surface area contributed by atoms with Gasteiger partial charge in [-0.3, -0.25) is 4.84 Å². The molecule has 0 aromatic carbocycles. The van der Waals surface area contributed by atoms with E-state index in [1.807, 2.05) is 0 Å². The first-order valence-corrected chi connectivity index (χ1v) is 6.48. The third-order valence-electron chi connectivity index (χ3n) is 4.29. The van der Waals surface area contributed by atoms with Crippen molar-refractivity contribution in [2.45, 2.75) is 56.9 Å². The SMILES string of the molecule is C[C@@H]1OC[C@H]2CON([C@H]3CCCC[C@@H]3O)[C@H]21. The summed E-state index contributed by atoms with van der Waals surface area (Å²) in [6, 6.07) is 0.547. The van der Waals surface area contributed by atoms with E-state index in [0.717, 1.165) is 32.5 Å². The van der Waals surface area contributed by atoms with E-state index in [0.29, 0.717) is 12.0 Å². The van der Waals surface area contributed by atoms with Gasteiger partial charge in [-0.15, -0.1) is 0 Å². The maximum atomic E-state index is 10.1. The predicted molar refractivity (Wildman–Crippen MR) is 58.7 cm³/mol. The van der Waals surface area contributed by atoms with Gasteiger partial charge in [-0.1, -0.05) is 12.8 Å². The van der Waals surface area contributed by atoms with E-state index in [2.05, 4.69) is 12.0 Å². The van der Waals surface area contributed by atoms with Crippen molar-refractivity contribution < 1.29 is 14.7 Å². The molecule has 3 rings (SSSR count). The molecule has 0 radical (unpaired) electrons. The lowest BCUT2D eigenvalue weighted by atomic mass is 9.90. The van der Waals surface area contributed by atoms with Gasteiger partial charge in [0.05, 0.1) is 37.5 Å². The van der Waals surface area contributed by atoms with Crippen LogP contribution in [0.3, 0.4) is 0 Å². The predicted octanol–water partition coefficient (Wildman–Crippen LogP) is 0.941. The molecule has 5 atom stereocenters. The summed E-state index contributed by atoms with van der Waals surface area (Å²) < 4.78 is 5.67. The molecule has 0 unspecified atom stereocenters. The first-order valence-electron chi connectivity index (χ1n) is 6.48. The van der Waals surface area contributed by atoms with Crippen LogP contribution in [0.4, 0.5) is 0 Å². The van der Waals surface area contributed by atoms with Gasteiger partial charge in [-0.05, 0) is 19.8 Å². The van der Waals surface area contributed by atoms with Crippen LogP contribution in [0, 0.1) is 5.92 Å². The molecule has 1 N–H and O–H groups in total. The smallest absolute Gasteiger partial charge is 0.0752 e. The van der Waals surface area contributed by atoms with Gasteiger partial charge in [-0.2, -0.15) is 5.06 Å². The van der Waals surface area contributed by atoms with Crippen molar-refractivity contribution in [3.63, 3.8) is 0 Å². The van der Waals surface area contributed by atoms with Crippen LogP contribution < -0.4 is 0 Å². The minimum Gasteiger partial charge on any atom is -0.391 e. The number of hydrogen-bond acceptors (Lipinski definition) is 4. The Hall–Kier alpha value is -0.160. The fraction of sp³-hybridized carbons (Fsp3) is 1.00. The summed E-state index contributed by atoms with van der Waals surface area (Å²) in [6.45, 7) is 3.69. The van der Waals surface area contributed by atoms with Crippen LogP contribution in [0.5, 0.6) is 0 Å². The normalized spacial score (nSPS) is 49.5. The van der Waals surface area contributed by atoms with Gasteiger partial charge in [0, 0.05) is 5.92 Å². The maximum Gasteiger partial charge on any atom is 0.0752 e.